The Morgan fingerprint density at radius 1 is 1.19 bits per heavy atom. The molecule has 0 aliphatic carbocycles. The Morgan fingerprint density at radius 3 is 2.33 bits per heavy atom. The van der Waals surface area contributed by atoms with Crippen LogP contribution in [0, 0.1) is 0 Å². The summed E-state index contributed by atoms with van der Waals surface area (Å²) in [5.41, 5.74) is 2.58. The molecule has 1 aromatic heterocycles. The first-order chi connectivity index (χ1) is 10.2. The lowest BCUT2D eigenvalue weighted by Crippen LogP contribution is -1.90. The van der Waals surface area contributed by atoms with Gasteiger partial charge in [0.05, 0.1) is 6.61 Å². The Bertz CT molecular complexity index is 530. The molecule has 1 aromatic carbocycles. The lowest BCUT2D eigenvalue weighted by atomic mass is 10.1. The molecule has 0 aliphatic heterocycles. The van der Waals surface area contributed by atoms with E-state index in [1.807, 2.05) is 13.0 Å². The smallest absolute Gasteiger partial charge is 0.290 e. The molecule has 6 heteroatoms. The first kappa shape index (κ1) is 18.5. The molecule has 0 unspecified atom stereocenters. The van der Waals surface area contributed by atoms with E-state index in [1.165, 1.54) is 22.9 Å². The summed E-state index contributed by atoms with van der Waals surface area (Å²) in [6, 6.07) is 6.22. The van der Waals surface area contributed by atoms with Gasteiger partial charge < -0.3 is 19.9 Å². The van der Waals surface area contributed by atoms with E-state index in [4.69, 9.17) is 24.5 Å². The van der Waals surface area contributed by atoms with E-state index in [1.54, 1.807) is 0 Å². The molecule has 0 radical (unpaired) electrons. The molecule has 6 nitrogen and oxygen atoms in total. The van der Waals surface area contributed by atoms with Gasteiger partial charge in [0, 0.05) is 17.1 Å². The number of carbonyl (C=O) groups is 2. The molecule has 0 saturated carbocycles. The van der Waals surface area contributed by atoms with E-state index >= 15 is 0 Å². The van der Waals surface area contributed by atoms with Gasteiger partial charge in [-0.25, -0.2) is 0 Å². The summed E-state index contributed by atoms with van der Waals surface area (Å²) < 4.78 is 5.50. The van der Waals surface area contributed by atoms with Crippen molar-refractivity contribution in [3.05, 3.63) is 30.0 Å². The van der Waals surface area contributed by atoms with Crippen LogP contribution >= 0.6 is 0 Å². The van der Waals surface area contributed by atoms with Crippen LogP contribution in [0.3, 0.4) is 0 Å². The average molecular weight is 295 g/mol. The first-order valence-electron chi connectivity index (χ1n) is 6.56. The second-order valence-corrected chi connectivity index (χ2v) is 3.92. The van der Waals surface area contributed by atoms with Crippen LogP contribution in [-0.2, 0) is 16.0 Å². The average Bonchev–Trinajstić information content (AvgIpc) is 2.84. The maximum absolute atomic E-state index is 8.36. The minimum atomic E-state index is -0.250. The van der Waals surface area contributed by atoms with Crippen LogP contribution in [0.2, 0.25) is 0 Å². The van der Waals surface area contributed by atoms with Gasteiger partial charge in [-0.1, -0.05) is 13.3 Å². The summed E-state index contributed by atoms with van der Waals surface area (Å²) >= 11 is 0. The van der Waals surface area contributed by atoms with E-state index in [0.29, 0.717) is 0 Å². The molecular weight excluding hydrogens is 274 g/mol. The Hall–Kier alpha value is -2.50. The van der Waals surface area contributed by atoms with Crippen LogP contribution in [0.4, 0.5) is 0 Å². The summed E-state index contributed by atoms with van der Waals surface area (Å²) in [6.45, 7) is 4.43. The maximum Gasteiger partial charge on any atom is 0.290 e. The number of H-pyrrole nitrogens is 1. The number of rotatable bonds is 4. The standard InChI is InChI=1S/C13H17NO.2CH2O2/c1-3-5-10-9-14-13-7-6-11(15-4-2)8-12(10)13;2*2-1-3/h6-9,14H,3-5H2,1-2H3;2*1H,(H,2,3). The quantitative estimate of drug-likeness (QED) is 0.753. The molecule has 21 heavy (non-hydrogen) atoms. The van der Waals surface area contributed by atoms with E-state index in [0.717, 1.165) is 18.8 Å². The van der Waals surface area contributed by atoms with E-state index in [9.17, 15) is 0 Å². The number of hydrogen-bond donors (Lipinski definition) is 3. The maximum atomic E-state index is 8.36. The Kier molecular flexibility index (Phi) is 9.99. The minimum absolute atomic E-state index is 0.250. The van der Waals surface area contributed by atoms with E-state index < -0.39 is 0 Å². The fraction of sp³-hybridized carbons (Fsp3) is 0.333. The van der Waals surface area contributed by atoms with Crippen LogP contribution in [0.15, 0.2) is 24.4 Å². The highest BCUT2D eigenvalue weighted by molar-refractivity contribution is 5.84. The minimum Gasteiger partial charge on any atom is -0.494 e. The number of aryl methyl sites for hydroxylation is 1. The topological polar surface area (TPSA) is 99.6 Å². The molecule has 0 bridgehead atoms. The van der Waals surface area contributed by atoms with E-state index in [-0.39, 0.29) is 12.9 Å². The highest BCUT2D eigenvalue weighted by Crippen LogP contribution is 2.24. The van der Waals surface area contributed by atoms with Gasteiger partial charge in [0.25, 0.3) is 12.9 Å². The molecule has 0 saturated heterocycles. The fourth-order valence-electron chi connectivity index (χ4n) is 1.89. The number of hydrogen-bond acceptors (Lipinski definition) is 3. The zero-order valence-electron chi connectivity index (χ0n) is 12.2. The normalized spacial score (nSPS) is 8.86. The van der Waals surface area contributed by atoms with Crippen molar-refractivity contribution in [1.82, 2.24) is 4.98 Å². The summed E-state index contributed by atoms with van der Waals surface area (Å²) in [7, 11) is 0. The van der Waals surface area contributed by atoms with Crippen molar-refractivity contribution in [2.75, 3.05) is 6.61 Å². The second kappa shape index (κ2) is 11.3. The van der Waals surface area contributed by atoms with Crippen LogP contribution in [0.1, 0.15) is 25.8 Å². The van der Waals surface area contributed by atoms with Crippen molar-refractivity contribution in [2.45, 2.75) is 26.7 Å². The molecule has 0 aliphatic rings. The van der Waals surface area contributed by atoms with Gasteiger partial charge in [0.2, 0.25) is 0 Å². The Labute approximate surface area is 123 Å². The fourth-order valence-corrected chi connectivity index (χ4v) is 1.89. The number of fused-ring (bicyclic) bond motifs is 1. The summed E-state index contributed by atoms with van der Waals surface area (Å²) in [4.78, 5) is 20.0. The van der Waals surface area contributed by atoms with Crippen molar-refractivity contribution in [1.29, 1.82) is 0 Å². The van der Waals surface area contributed by atoms with Crippen molar-refractivity contribution in [3.63, 3.8) is 0 Å². The van der Waals surface area contributed by atoms with Gasteiger partial charge in [-0.2, -0.15) is 0 Å². The zero-order valence-corrected chi connectivity index (χ0v) is 12.2. The van der Waals surface area contributed by atoms with Crippen molar-refractivity contribution in [2.24, 2.45) is 0 Å². The predicted molar refractivity (Wildman–Crippen MR) is 80.8 cm³/mol. The van der Waals surface area contributed by atoms with Crippen LogP contribution in [-0.4, -0.2) is 34.7 Å². The lowest BCUT2D eigenvalue weighted by Gasteiger charge is -2.03. The van der Waals surface area contributed by atoms with Crippen LogP contribution in [0.25, 0.3) is 10.9 Å². The molecule has 116 valence electrons. The van der Waals surface area contributed by atoms with Gasteiger partial charge in [-0.05, 0) is 37.1 Å². The summed E-state index contributed by atoms with van der Waals surface area (Å²) in [5, 5.41) is 15.1. The SMILES string of the molecule is CCCc1c[nH]c2ccc(OCC)cc12.O=CO.O=CO. The van der Waals surface area contributed by atoms with Crippen molar-refractivity contribution < 1.29 is 24.5 Å². The summed E-state index contributed by atoms with van der Waals surface area (Å²) in [6.07, 6.45) is 4.39. The molecule has 0 atom stereocenters. The highest BCUT2D eigenvalue weighted by atomic mass is 16.5. The first-order valence-corrected chi connectivity index (χ1v) is 6.56. The molecule has 3 N–H and O–H groups in total. The molecule has 1 heterocycles. The van der Waals surface area contributed by atoms with E-state index in [2.05, 4.69) is 30.2 Å². The molecule has 2 rings (SSSR count). The number of aromatic nitrogens is 1. The number of ether oxygens (including phenoxy) is 1. The molecule has 0 fully saturated rings. The largest absolute Gasteiger partial charge is 0.494 e. The lowest BCUT2D eigenvalue weighted by molar-refractivity contribution is -0.123. The van der Waals surface area contributed by atoms with Crippen LogP contribution < -0.4 is 4.74 Å². The van der Waals surface area contributed by atoms with Gasteiger partial charge >= 0.3 is 0 Å². The second-order valence-electron chi connectivity index (χ2n) is 3.92. The van der Waals surface area contributed by atoms with Crippen molar-refractivity contribution in [3.8, 4) is 5.75 Å². The number of aromatic amines is 1. The molecule has 2 aromatic rings. The third-order valence-corrected chi connectivity index (χ3v) is 2.57. The predicted octanol–water partition coefficient (Wildman–Crippen LogP) is 2.92. The molecule has 0 spiro atoms. The van der Waals surface area contributed by atoms with Gasteiger partial charge in [-0.15, -0.1) is 0 Å². The molecule has 0 amide bonds. The third kappa shape index (κ3) is 6.47. The Balaban J connectivity index is 0.000000578. The van der Waals surface area contributed by atoms with Gasteiger partial charge in [-0.3, -0.25) is 9.59 Å². The number of carboxylic acid groups (broad SMARTS) is 2. The highest BCUT2D eigenvalue weighted by Gasteiger charge is 2.03. The van der Waals surface area contributed by atoms with Gasteiger partial charge in [0.15, 0.2) is 0 Å². The number of nitrogens with one attached hydrogen (secondary N) is 1. The monoisotopic (exact) mass is 295 g/mol. The Morgan fingerprint density at radius 2 is 1.81 bits per heavy atom. The zero-order chi connectivity index (χ0) is 16.1. The molecular formula is C15H21NO5. The van der Waals surface area contributed by atoms with Gasteiger partial charge in [0.1, 0.15) is 5.75 Å². The third-order valence-electron chi connectivity index (χ3n) is 2.57. The summed E-state index contributed by atoms with van der Waals surface area (Å²) in [5.74, 6) is 0.960. The van der Waals surface area contributed by atoms with Crippen molar-refractivity contribution >= 4 is 23.8 Å². The van der Waals surface area contributed by atoms with Crippen LogP contribution in [0.5, 0.6) is 5.75 Å². The number of benzene rings is 1.